The number of halogens is 3. The maximum atomic E-state index is 13.0. The number of aromatic nitrogens is 2. The van der Waals surface area contributed by atoms with Crippen molar-refractivity contribution < 1.29 is 18.7 Å². The van der Waals surface area contributed by atoms with Gasteiger partial charge in [0.15, 0.2) is 11.8 Å². The number of imidazole rings is 1. The Hall–Kier alpha value is -2.90. The van der Waals surface area contributed by atoms with Gasteiger partial charge in [-0.2, -0.15) is 0 Å². The van der Waals surface area contributed by atoms with Gasteiger partial charge >= 0.3 is 5.97 Å². The first-order chi connectivity index (χ1) is 12.9. The standard InChI is InChI=1S/C18H12Cl2FN3O3/c19-12-9-11(21)4-5-13(12)22-16(25)10-27-17(26)7-6-14-18(20)23-15-3-1-2-8-24(14)15/h1-9H,10H2,(H,22,25)/b7-6+. The molecule has 3 aromatic rings. The molecule has 0 bridgehead atoms. The second-order valence-electron chi connectivity index (χ2n) is 5.33. The fraction of sp³-hybridized carbons (Fsp3) is 0.0556. The summed E-state index contributed by atoms with van der Waals surface area (Å²) in [5.41, 5.74) is 1.35. The predicted octanol–water partition coefficient (Wildman–Crippen LogP) is 3.98. The molecule has 0 atom stereocenters. The van der Waals surface area contributed by atoms with Gasteiger partial charge < -0.3 is 10.1 Å². The predicted molar refractivity (Wildman–Crippen MR) is 100 cm³/mol. The number of esters is 1. The molecule has 2 aromatic heterocycles. The molecule has 0 spiro atoms. The zero-order valence-corrected chi connectivity index (χ0v) is 15.2. The van der Waals surface area contributed by atoms with E-state index in [1.165, 1.54) is 12.1 Å². The van der Waals surface area contributed by atoms with Crippen molar-refractivity contribution in [2.45, 2.75) is 0 Å². The Morgan fingerprint density at radius 1 is 1.26 bits per heavy atom. The van der Waals surface area contributed by atoms with Crippen LogP contribution in [0.1, 0.15) is 5.69 Å². The van der Waals surface area contributed by atoms with Gasteiger partial charge in [0.05, 0.1) is 16.4 Å². The van der Waals surface area contributed by atoms with Crippen molar-refractivity contribution in [2.75, 3.05) is 11.9 Å². The SMILES string of the molecule is O=C(COC(=O)/C=C/c1c(Cl)nc2ccccn12)Nc1ccc(F)cc1Cl. The van der Waals surface area contributed by atoms with E-state index in [0.29, 0.717) is 11.3 Å². The number of fused-ring (bicyclic) bond motifs is 1. The zero-order valence-electron chi connectivity index (χ0n) is 13.7. The quantitative estimate of drug-likeness (QED) is 0.512. The lowest BCUT2D eigenvalue weighted by molar-refractivity contribution is -0.142. The third kappa shape index (κ3) is 4.64. The van der Waals surface area contributed by atoms with Gasteiger partial charge in [-0.1, -0.05) is 29.3 Å². The number of pyridine rings is 1. The van der Waals surface area contributed by atoms with Gasteiger partial charge in [-0.05, 0) is 36.4 Å². The Balaban J connectivity index is 1.58. The van der Waals surface area contributed by atoms with Gasteiger partial charge in [-0.25, -0.2) is 14.2 Å². The lowest BCUT2D eigenvalue weighted by Crippen LogP contribution is -2.20. The van der Waals surface area contributed by atoms with Crippen LogP contribution in [0, 0.1) is 5.82 Å². The molecule has 27 heavy (non-hydrogen) atoms. The van der Waals surface area contributed by atoms with E-state index in [4.69, 9.17) is 27.9 Å². The van der Waals surface area contributed by atoms with E-state index in [1.807, 2.05) is 6.07 Å². The fourth-order valence-electron chi connectivity index (χ4n) is 2.24. The van der Waals surface area contributed by atoms with Crippen LogP contribution in [0.25, 0.3) is 11.7 Å². The second-order valence-corrected chi connectivity index (χ2v) is 6.10. The van der Waals surface area contributed by atoms with Crippen molar-refractivity contribution in [3.63, 3.8) is 0 Å². The molecule has 0 saturated carbocycles. The smallest absolute Gasteiger partial charge is 0.331 e. The molecule has 0 unspecified atom stereocenters. The van der Waals surface area contributed by atoms with Crippen molar-refractivity contribution >= 4 is 52.5 Å². The molecule has 9 heteroatoms. The highest BCUT2D eigenvalue weighted by atomic mass is 35.5. The van der Waals surface area contributed by atoms with Crippen LogP contribution < -0.4 is 5.32 Å². The molecule has 1 N–H and O–H groups in total. The zero-order chi connectivity index (χ0) is 19.4. The number of ether oxygens (including phenoxy) is 1. The Labute approximate surface area is 163 Å². The molecule has 0 aliphatic carbocycles. The van der Waals surface area contributed by atoms with E-state index in [2.05, 4.69) is 10.3 Å². The lowest BCUT2D eigenvalue weighted by Gasteiger charge is -2.07. The summed E-state index contributed by atoms with van der Waals surface area (Å²) in [6.07, 6.45) is 4.33. The number of hydrogen-bond donors (Lipinski definition) is 1. The van der Waals surface area contributed by atoms with Crippen LogP contribution in [0.5, 0.6) is 0 Å². The van der Waals surface area contributed by atoms with Gasteiger partial charge in [0, 0.05) is 12.3 Å². The largest absolute Gasteiger partial charge is 0.452 e. The minimum Gasteiger partial charge on any atom is -0.452 e. The molecule has 3 rings (SSSR count). The minimum absolute atomic E-state index is 0.0387. The number of benzene rings is 1. The highest BCUT2D eigenvalue weighted by molar-refractivity contribution is 6.33. The Kier molecular flexibility index (Phi) is 5.73. The van der Waals surface area contributed by atoms with Crippen LogP contribution in [-0.2, 0) is 14.3 Å². The number of hydrogen-bond acceptors (Lipinski definition) is 4. The van der Waals surface area contributed by atoms with E-state index in [0.717, 1.165) is 18.2 Å². The van der Waals surface area contributed by atoms with E-state index in [9.17, 15) is 14.0 Å². The summed E-state index contributed by atoms with van der Waals surface area (Å²) in [5.74, 6) is -1.88. The number of rotatable bonds is 5. The Morgan fingerprint density at radius 2 is 2.07 bits per heavy atom. The molecule has 0 aliphatic rings. The maximum absolute atomic E-state index is 13.0. The van der Waals surface area contributed by atoms with E-state index in [1.54, 1.807) is 22.7 Å². The summed E-state index contributed by atoms with van der Waals surface area (Å²) in [7, 11) is 0. The number of carbonyl (C=O) groups excluding carboxylic acids is 2. The van der Waals surface area contributed by atoms with Crippen LogP contribution in [0.2, 0.25) is 10.2 Å². The number of nitrogens with zero attached hydrogens (tertiary/aromatic N) is 2. The first kappa shape index (κ1) is 18.9. The van der Waals surface area contributed by atoms with E-state index >= 15 is 0 Å². The molecule has 0 fully saturated rings. The van der Waals surface area contributed by atoms with Crippen molar-refractivity contribution in [3.8, 4) is 0 Å². The molecule has 0 radical (unpaired) electrons. The Bertz CT molecular complexity index is 1050. The van der Waals surface area contributed by atoms with Gasteiger partial charge in [0.2, 0.25) is 0 Å². The maximum Gasteiger partial charge on any atom is 0.331 e. The van der Waals surface area contributed by atoms with Crippen molar-refractivity contribution in [3.05, 3.63) is 70.4 Å². The lowest BCUT2D eigenvalue weighted by atomic mass is 10.3. The van der Waals surface area contributed by atoms with Gasteiger partial charge in [0.25, 0.3) is 5.91 Å². The molecule has 1 amide bonds. The number of carbonyl (C=O) groups is 2. The highest BCUT2D eigenvalue weighted by Crippen LogP contribution is 2.22. The summed E-state index contributed by atoms with van der Waals surface area (Å²) in [6, 6.07) is 8.90. The van der Waals surface area contributed by atoms with Crippen molar-refractivity contribution in [1.29, 1.82) is 0 Å². The summed E-state index contributed by atoms with van der Waals surface area (Å²) >= 11 is 11.9. The molecule has 138 valence electrons. The van der Waals surface area contributed by atoms with Crippen molar-refractivity contribution in [1.82, 2.24) is 9.38 Å². The van der Waals surface area contributed by atoms with Crippen LogP contribution in [0.3, 0.4) is 0 Å². The van der Waals surface area contributed by atoms with Gasteiger partial charge in [0.1, 0.15) is 11.5 Å². The van der Waals surface area contributed by atoms with Gasteiger partial charge in [-0.3, -0.25) is 9.20 Å². The fourth-order valence-corrected chi connectivity index (χ4v) is 2.70. The average molecular weight is 408 g/mol. The second kappa shape index (κ2) is 8.20. The molecule has 6 nitrogen and oxygen atoms in total. The van der Waals surface area contributed by atoms with Crippen LogP contribution in [0.15, 0.2) is 48.7 Å². The number of nitrogens with one attached hydrogen (secondary N) is 1. The number of amides is 1. The third-order valence-corrected chi connectivity index (χ3v) is 4.04. The van der Waals surface area contributed by atoms with Gasteiger partial charge in [-0.15, -0.1) is 0 Å². The molecule has 0 aliphatic heterocycles. The summed E-state index contributed by atoms with van der Waals surface area (Å²) in [4.78, 5) is 27.8. The summed E-state index contributed by atoms with van der Waals surface area (Å²) in [5, 5.41) is 2.69. The summed E-state index contributed by atoms with van der Waals surface area (Å²) < 4.78 is 19.5. The average Bonchev–Trinajstić information content (AvgIpc) is 2.95. The molecular weight excluding hydrogens is 396 g/mol. The van der Waals surface area contributed by atoms with E-state index in [-0.39, 0.29) is 15.9 Å². The summed E-state index contributed by atoms with van der Waals surface area (Å²) in [6.45, 7) is -0.530. The Morgan fingerprint density at radius 3 is 2.85 bits per heavy atom. The molecule has 1 aromatic carbocycles. The molecular formula is C18H12Cl2FN3O3. The van der Waals surface area contributed by atoms with Crippen LogP contribution in [0.4, 0.5) is 10.1 Å². The topological polar surface area (TPSA) is 72.7 Å². The van der Waals surface area contributed by atoms with E-state index < -0.39 is 24.3 Å². The highest BCUT2D eigenvalue weighted by Gasteiger charge is 2.10. The monoisotopic (exact) mass is 407 g/mol. The molecule has 2 heterocycles. The minimum atomic E-state index is -0.739. The van der Waals surface area contributed by atoms with Crippen molar-refractivity contribution in [2.24, 2.45) is 0 Å². The van der Waals surface area contributed by atoms with Crippen LogP contribution >= 0.6 is 23.2 Å². The number of anilines is 1. The normalized spacial score (nSPS) is 11.1. The first-order valence-corrected chi connectivity index (χ1v) is 8.42. The van der Waals surface area contributed by atoms with Crippen LogP contribution in [-0.4, -0.2) is 27.9 Å². The first-order valence-electron chi connectivity index (χ1n) is 7.66. The molecule has 0 saturated heterocycles. The third-order valence-electron chi connectivity index (χ3n) is 3.45.